The van der Waals surface area contributed by atoms with E-state index in [9.17, 15) is 0 Å². The molecule has 0 aliphatic carbocycles. The Balaban J connectivity index is 2.15. The van der Waals surface area contributed by atoms with Crippen LogP contribution in [-0.4, -0.2) is 6.54 Å². The van der Waals surface area contributed by atoms with Gasteiger partial charge in [0.15, 0.2) is 0 Å². The van der Waals surface area contributed by atoms with Crippen LogP contribution in [0.1, 0.15) is 18.9 Å². The maximum absolute atomic E-state index is 9.08. The molecule has 2 nitrogen and oxygen atoms in total. The molecule has 3 rings (SSSR count). The van der Waals surface area contributed by atoms with E-state index in [1.165, 1.54) is 15.5 Å². The lowest BCUT2D eigenvalue weighted by molar-refractivity contribution is 0.866. The molecule has 0 bridgehead atoms. The van der Waals surface area contributed by atoms with Gasteiger partial charge in [0.05, 0.1) is 23.0 Å². The highest BCUT2D eigenvalue weighted by molar-refractivity contribution is 7.99. The highest BCUT2D eigenvalue weighted by Gasteiger charge is 2.22. The third-order valence-electron chi connectivity index (χ3n) is 3.20. The first-order chi connectivity index (χ1) is 9.33. The number of anilines is 2. The van der Waals surface area contributed by atoms with Crippen molar-refractivity contribution in [1.29, 1.82) is 5.26 Å². The molecule has 0 fully saturated rings. The smallest absolute Gasteiger partial charge is 0.0992 e. The summed E-state index contributed by atoms with van der Waals surface area (Å²) >= 11 is 1.78. The standard InChI is InChI=1S/C16H14N2S/c1-2-9-18-13-5-3-4-6-15(13)19-16-8-7-12(11-17)10-14(16)18/h3-8,10H,2,9H2,1H3. The maximum Gasteiger partial charge on any atom is 0.0992 e. The van der Waals surface area contributed by atoms with Crippen LogP contribution >= 0.6 is 11.8 Å². The monoisotopic (exact) mass is 266 g/mol. The molecule has 0 saturated carbocycles. The van der Waals surface area contributed by atoms with Gasteiger partial charge in [0.1, 0.15) is 0 Å². The van der Waals surface area contributed by atoms with E-state index in [1.807, 2.05) is 12.1 Å². The lowest BCUT2D eigenvalue weighted by atomic mass is 10.1. The molecule has 0 spiro atoms. The Kier molecular flexibility index (Phi) is 3.18. The molecule has 0 saturated heterocycles. The molecule has 0 aromatic heterocycles. The quantitative estimate of drug-likeness (QED) is 0.796. The number of fused-ring (bicyclic) bond motifs is 2. The summed E-state index contributed by atoms with van der Waals surface area (Å²) in [5.74, 6) is 0. The van der Waals surface area contributed by atoms with Crippen LogP contribution in [0.15, 0.2) is 52.3 Å². The lowest BCUT2D eigenvalue weighted by Crippen LogP contribution is -2.21. The van der Waals surface area contributed by atoms with Gasteiger partial charge in [-0.15, -0.1) is 0 Å². The van der Waals surface area contributed by atoms with Crippen LogP contribution in [0.5, 0.6) is 0 Å². The van der Waals surface area contributed by atoms with E-state index in [-0.39, 0.29) is 0 Å². The summed E-state index contributed by atoms with van der Waals surface area (Å²) in [6.07, 6.45) is 1.08. The number of benzene rings is 2. The van der Waals surface area contributed by atoms with Crippen LogP contribution in [0.4, 0.5) is 11.4 Å². The summed E-state index contributed by atoms with van der Waals surface area (Å²) in [6, 6.07) is 16.6. The number of para-hydroxylation sites is 1. The van der Waals surface area contributed by atoms with Gasteiger partial charge in [0.2, 0.25) is 0 Å². The fourth-order valence-electron chi connectivity index (χ4n) is 2.36. The molecular weight excluding hydrogens is 252 g/mol. The molecule has 0 unspecified atom stereocenters. The van der Waals surface area contributed by atoms with Crippen molar-refractivity contribution in [2.75, 3.05) is 11.4 Å². The Morgan fingerprint density at radius 3 is 2.68 bits per heavy atom. The topological polar surface area (TPSA) is 27.0 Å². The van der Waals surface area contributed by atoms with Crippen molar-refractivity contribution in [3.63, 3.8) is 0 Å². The first-order valence-electron chi connectivity index (χ1n) is 6.42. The highest BCUT2D eigenvalue weighted by atomic mass is 32.2. The van der Waals surface area contributed by atoms with E-state index < -0.39 is 0 Å². The fourth-order valence-corrected chi connectivity index (χ4v) is 3.44. The minimum Gasteiger partial charge on any atom is -0.340 e. The Labute approximate surface area is 117 Å². The zero-order valence-electron chi connectivity index (χ0n) is 10.8. The van der Waals surface area contributed by atoms with E-state index in [2.05, 4.69) is 48.2 Å². The molecule has 0 radical (unpaired) electrons. The third-order valence-corrected chi connectivity index (χ3v) is 4.33. The third kappa shape index (κ3) is 2.09. The van der Waals surface area contributed by atoms with E-state index in [0.29, 0.717) is 0 Å². The molecule has 0 N–H and O–H groups in total. The van der Waals surface area contributed by atoms with Crippen molar-refractivity contribution in [3.05, 3.63) is 48.0 Å². The SMILES string of the molecule is CCCN1c2ccccc2Sc2ccc(C#N)cc21. The Bertz CT molecular complexity index is 658. The molecule has 19 heavy (non-hydrogen) atoms. The molecule has 3 heteroatoms. The fraction of sp³-hybridized carbons (Fsp3) is 0.188. The summed E-state index contributed by atoms with van der Waals surface area (Å²) < 4.78 is 0. The van der Waals surface area contributed by atoms with Gasteiger partial charge < -0.3 is 4.90 Å². The van der Waals surface area contributed by atoms with Crippen LogP contribution in [-0.2, 0) is 0 Å². The molecular formula is C16H14N2S. The van der Waals surface area contributed by atoms with Crippen molar-refractivity contribution in [2.45, 2.75) is 23.1 Å². The second kappa shape index (κ2) is 4.99. The van der Waals surface area contributed by atoms with Crippen molar-refractivity contribution < 1.29 is 0 Å². The first kappa shape index (κ1) is 12.1. The van der Waals surface area contributed by atoms with E-state index in [0.717, 1.165) is 24.2 Å². The number of hydrogen-bond acceptors (Lipinski definition) is 3. The molecule has 1 heterocycles. The van der Waals surface area contributed by atoms with Gasteiger partial charge in [-0.05, 0) is 36.8 Å². The molecule has 0 amide bonds. The first-order valence-corrected chi connectivity index (χ1v) is 7.23. The average Bonchev–Trinajstić information content (AvgIpc) is 2.47. The Morgan fingerprint density at radius 2 is 1.89 bits per heavy atom. The van der Waals surface area contributed by atoms with Crippen LogP contribution in [0.2, 0.25) is 0 Å². The normalized spacial score (nSPS) is 12.5. The summed E-state index contributed by atoms with van der Waals surface area (Å²) in [6.45, 7) is 3.15. The predicted octanol–water partition coefficient (Wildman–Crippen LogP) is 4.57. The molecule has 2 aromatic carbocycles. The molecule has 1 aliphatic rings. The van der Waals surface area contributed by atoms with Crippen LogP contribution in [0.25, 0.3) is 0 Å². The summed E-state index contributed by atoms with van der Waals surface area (Å²) in [4.78, 5) is 4.83. The molecule has 2 aromatic rings. The van der Waals surface area contributed by atoms with E-state index >= 15 is 0 Å². The van der Waals surface area contributed by atoms with Crippen molar-refractivity contribution in [3.8, 4) is 6.07 Å². The Morgan fingerprint density at radius 1 is 1.11 bits per heavy atom. The van der Waals surface area contributed by atoms with E-state index in [4.69, 9.17) is 5.26 Å². The van der Waals surface area contributed by atoms with Crippen molar-refractivity contribution in [2.24, 2.45) is 0 Å². The minimum absolute atomic E-state index is 0.722. The summed E-state index contributed by atoms with van der Waals surface area (Å²) in [7, 11) is 0. The molecule has 0 atom stereocenters. The van der Waals surface area contributed by atoms with Gasteiger partial charge >= 0.3 is 0 Å². The molecule has 94 valence electrons. The van der Waals surface area contributed by atoms with Crippen LogP contribution in [0, 0.1) is 11.3 Å². The van der Waals surface area contributed by atoms with Gasteiger partial charge in [-0.25, -0.2) is 0 Å². The van der Waals surface area contributed by atoms with Gasteiger partial charge in [0, 0.05) is 16.3 Å². The summed E-state index contributed by atoms with van der Waals surface area (Å²) in [5, 5.41) is 9.08. The lowest BCUT2D eigenvalue weighted by Gasteiger charge is -2.32. The zero-order chi connectivity index (χ0) is 13.2. The number of hydrogen-bond donors (Lipinski definition) is 0. The highest BCUT2D eigenvalue weighted by Crippen LogP contribution is 2.48. The average molecular weight is 266 g/mol. The zero-order valence-corrected chi connectivity index (χ0v) is 11.6. The largest absolute Gasteiger partial charge is 0.340 e. The van der Waals surface area contributed by atoms with Crippen LogP contribution in [0.3, 0.4) is 0 Å². The Hall–Kier alpha value is -1.92. The van der Waals surface area contributed by atoms with Gasteiger partial charge in [0.25, 0.3) is 0 Å². The van der Waals surface area contributed by atoms with Crippen LogP contribution < -0.4 is 4.90 Å². The second-order valence-electron chi connectivity index (χ2n) is 4.52. The van der Waals surface area contributed by atoms with Crippen molar-refractivity contribution in [1.82, 2.24) is 0 Å². The second-order valence-corrected chi connectivity index (χ2v) is 5.60. The van der Waals surface area contributed by atoms with Crippen molar-refractivity contribution >= 4 is 23.1 Å². The predicted molar refractivity (Wildman–Crippen MR) is 79.0 cm³/mol. The van der Waals surface area contributed by atoms with Gasteiger partial charge in [-0.1, -0.05) is 30.8 Å². The maximum atomic E-state index is 9.08. The van der Waals surface area contributed by atoms with Gasteiger partial charge in [-0.2, -0.15) is 5.26 Å². The number of nitriles is 1. The molecule has 1 aliphatic heterocycles. The minimum atomic E-state index is 0.722. The number of rotatable bonds is 2. The number of nitrogens with zero attached hydrogens (tertiary/aromatic N) is 2. The van der Waals surface area contributed by atoms with E-state index in [1.54, 1.807) is 11.8 Å². The summed E-state index contributed by atoms with van der Waals surface area (Å²) in [5.41, 5.74) is 3.13. The van der Waals surface area contributed by atoms with Gasteiger partial charge in [-0.3, -0.25) is 0 Å².